The number of halogens is 3. The Morgan fingerprint density at radius 2 is 1.54 bits per heavy atom. The van der Waals surface area contributed by atoms with Crippen LogP contribution >= 0.6 is 11.8 Å². The van der Waals surface area contributed by atoms with Crippen LogP contribution in [0.25, 0.3) is 38.5 Å². The molecule has 0 aliphatic rings. The van der Waals surface area contributed by atoms with Gasteiger partial charge >= 0.3 is 6.18 Å². The molecule has 0 aliphatic carbocycles. The van der Waals surface area contributed by atoms with E-state index >= 15 is 0 Å². The number of aromatic nitrogens is 3. The first-order valence-electron chi connectivity index (χ1n) is 10.7. The van der Waals surface area contributed by atoms with Gasteiger partial charge in [0.05, 0.1) is 16.6 Å². The van der Waals surface area contributed by atoms with Crippen molar-refractivity contribution in [3.05, 3.63) is 96.7 Å². The number of para-hydroxylation sites is 1. The van der Waals surface area contributed by atoms with Crippen LogP contribution in [-0.2, 0) is 6.18 Å². The van der Waals surface area contributed by atoms with Crippen LogP contribution < -0.4 is 0 Å². The summed E-state index contributed by atoms with van der Waals surface area (Å²) in [7, 11) is 0. The van der Waals surface area contributed by atoms with Crippen LogP contribution in [0.2, 0.25) is 0 Å². The van der Waals surface area contributed by atoms with E-state index in [9.17, 15) is 18.3 Å². The minimum absolute atomic E-state index is 0.0755. The van der Waals surface area contributed by atoms with Crippen LogP contribution in [-0.4, -0.2) is 19.6 Å². The Balaban J connectivity index is 1.48. The van der Waals surface area contributed by atoms with Crippen molar-refractivity contribution < 1.29 is 18.3 Å². The van der Waals surface area contributed by atoms with Crippen LogP contribution in [0.4, 0.5) is 13.2 Å². The quantitative estimate of drug-likeness (QED) is 0.279. The lowest BCUT2D eigenvalue weighted by atomic mass is 10.1. The second-order valence-corrected chi connectivity index (χ2v) is 9.09. The van der Waals surface area contributed by atoms with Crippen molar-refractivity contribution in [1.29, 1.82) is 0 Å². The van der Waals surface area contributed by atoms with Crippen LogP contribution in [0.5, 0.6) is 5.75 Å². The van der Waals surface area contributed by atoms with Gasteiger partial charge in [0.1, 0.15) is 22.1 Å². The molecule has 0 saturated carbocycles. The minimum Gasteiger partial charge on any atom is -0.506 e. The summed E-state index contributed by atoms with van der Waals surface area (Å²) in [6.45, 7) is 0. The first-order chi connectivity index (χ1) is 16.9. The molecule has 3 aromatic heterocycles. The van der Waals surface area contributed by atoms with Gasteiger partial charge in [-0.05, 0) is 54.6 Å². The first kappa shape index (κ1) is 21.5. The zero-order valence-corrected chi connectivity index (χ0v) is 18.8. The number of alkyl halides is 3. The Morgan fingerprint density at radius 1 is 0.771 bits per heavy atom. The van der Waals surface area contributed by atoms with E-state index in [0.29, 0.717) is 5.03 Å². The Morgan fingerprint density at radius 3 is 2.34 bits per heavy atom. The molecule has 0 amide bonds. The Bertz CT molecular complexity index is 1730. The number of hydrogen-bond donors (Lipinski definition) is 1. The fourth-order valence-corrected chi connectivity index (χ4v) is 5.18. The molecule has 0 unspecified atom stereocenters. The molecule has 6 rings (SSSR count). The van der Waals surface area contributed by atoms with Crippen LogP contribution in [0, 0.1) is 0 Å². The molecule has 0 saturated heterocycles. The van der Waals surface area contributed by atoms with Gasteiger partial charge in [0, 0.05) is 27.3 Å². The van der Waals surface area contributed by atoms with Gasteiger partial charge in [-0.2, -0.15) is 13.2 Å². The molecule has 1 N–H and O–H groups in total. The molecular formula is C27H16F3N3OS. The molecule has 6 aromatic rings. The van der Waals surface area contributed by atoms with Gasteiger partial charge in [-0.15, -0.1) is 0 Å². The average molecular weight is 488 g/mol. The minimum atomic E-state index is -4.54. The summed E-state index contributed by atoms with van der Waals surface area (Å²) < 4.78 is 42.3. The molecule has 0 atom stereocenters. The highest BCUT2D eigenvalue weighted by molar-refractivity contribution is 7.99. The number of nitrogens with zero attached hydrogens (tertiary/aromatic N) is 3. The summed E-state index contributed by atoms with van der Waals surface area (Å²) in [5, 5.41) is 12.7. The fraction of sp³-hybridized carbons (Fsp3) is 0.0370. The van der Waals surface area contributed by atoms with Gasteiger partial charge in [0.2, 0.25) is 0 Å². The number of fused-ring (bicyclic) bond motifs is 4. The smallest absolute Gasteiger partial charge is 0.417 e. The van der Waals surface area contributed by atoms with E-state index in [-0.39, 0.29) is 16.7 Å². The third-order valence-electron chi connectivity index (χ3n) is 5.86. The second-order valence-electron chi connectivity index (χ2n) is 8.00. The van der Waals surface area contributed by atoms with E-state index in [4.69, 9.17) is 0 Å². The number of phenols is 1. The summed E-state index contributed by atoms with van der Waals surface area (Å²) in [5.74, 6) is 0.496. The van der Waals surface area contributed by atoms with Crippen molar-refractivity contribution in [2.45, 2.75) is 16.1 Å². The highest BCUT2D eigenvalue weighted by atomic mass is 32.2. The molecule has 0 spiro atoms. The third kappa shape index (κ3) is 3.66. The van der Waals surface area contributed by atoms with E-state index in [0.717, 1.165) is 44.7 Å². The molecule has 4 nitrogen and oxygen atoms in total. The topological polar surface area (TPSA) is 50.9 Å². The maximum Gasteiger partial charge on any atom is 0.417 e. The molecular weight excluding hydrogens is 471 g/mol. The van der Waals surface area contributed by atoms with Gasteiger partial charge < -0.3 is 5.11 Å². The normalized spacial score (nSPS) is 12.1. The number of aromatic hydroxyl groups is 1. The molecule has 0 radical (unpaired) electrons. The fourth-order valence-electron chi connectivity index (χ4n) is 4.36. The van der Waals surface area contributed by atoms with E-state index in [1.54, 1.807) is 12.3 Å². The highest BCUT2D eigenvalue weighted by Gasteiger charge is 2.33. The maximum atomic E-state index is 13.4. The molecule has 3 aromatic carbocycles. The average Bonchev–Trinajstić information content (AvgIpc) is 3.18. The predicted octanol–water partition coefficient (Wildman–Crippen LogP) is 7.60. The van der Waals surface area contributed by atoms with E-state index < -0.39 is 11.7 Å². The van der Waals surface area contributed by atoms with Crippen LogP contribution in [0.1, 0.15) is 5.56 Å². The predicted molar refractivity (Wildman–Crippen MR) is 131 cm³/mol. The Hall–Kier alpha value is -4.04. The maximum absolute atomic E-state index is 13.4. The molecule has 3 heterocycles. The van der Waals surface area contributed by atoms with Crippen molar-refractivity contribution in [2.24, 2.45) is 0 Å². The Kier molecular flexibility index (Phi) is 4.93. The van der Waals surface area contributed by atoms with Crippen molar-refractivity contribution >= 4 is 44.5 Å². The summed E-state index contributed by atoms with van der Waals surface area (Å²) in [4.78, 5) is 9.73. The number of hydrogen-bond acceptors (Lipinski definition) is 4. The summed E-state index contributed by atoms with van der Waals surface area (Å²) in [6.07, 6.45) is -2.79. The number of pyridine rings is 2. The highest BCUT2D eigenvalue weighted by Crippen LogP contribution is 2.40. The molecule has 0 bridgehead atoms. The number of benzene rings is 3. The lowest BCUT2D eigenvalue weighted by molar-refractivity contribution is -0.136. The second kappa shape index (κ2) is 8.02. The zero-order chi connectivity index (χ0) is 24.2. The Labute approximate surface area is 201 Å². The number of rotatable bonds is 3. The number of phenolic OH excluding ortho intramolecular Hbond substituents is 1. The van der Waals surface area contributed by atoms with Crippen molar-refractivity contribution in [3.63, 3.8) is 0 Å². The van der Waals surface area contributed by atoms with E-state index in [1.165, 1.54) is 17.8 Å². The van der Waals surface area contributed by atoms with Gasteiger partial charge in [-0.25, -0.2) is 9.97 Å². The van der Waals surface area contributed by atoms with Crippen molar-refractivity contribution in [1.82, 2.24) is 14.5 Å². The van der Waals surface area contributed by atoms with Gasteiger partial charge in [0.25, 0.3) is 0 Å². The van der Waals surface area contributed by atoms with Gasteiger partial charge in [-0.1, -0.05) is 42.1 Å². The van der Waals surface area contributed by atoms with Gasteiger partial charge in [-0.3, -0.25) is 4.57 Å². The first-order valence-corrected chi connectivity index (χ1v) is 11.5. The lowest BCUT2D eigenvalue weighted by Crippen LogP contribution is -2.06. The molecule has 8 heteroatoms. The SMILES string of the molecule is Oc1ccc(C(F)(F)F)c2ccc(Sc3ccc4c5ccccc5n(-c5ccccn5)c4c3)nc12. The van der Waals surface area contributed by atoms with Gasteiger partial charge in [0.15, 0.2) is 0 Å². The van der Waals surface area contributed by atoms with E-state index in [2.05, 4.69) is 20.6 Å². The molecule has 35 heavy (non-hydrogen) atoms. The van der Waals surface area contributed by atoms with Crippen molar-refractivity contribution in [3.8, 4) is 11.6 Å². The summed E-state index contributed by atoms with van der Waals surface area (Å²) in [5.41, 5.74) is 1.08. The molecule has 172 valence electrons. The zero-order valence-electron chi connectivity index (χ0n) is 18.0. The monoisotopic (exact) mass is 487 g/mol. The summed E-state index contributed by atoms with van der Waals surface area (Å²) >= 11 is 1.32. The molecule has 0 aliphatic heterocycles. The van der Waals surface area contributed by atoms with Crippen LogP contribution in [0.3, 0.4) is 0 Å². The lowest BCUT2D eigenvalue weighted by Gasteiger charge is -2.12. The molecule has 0 fully saturated rings. The third-order valence-corrected chi connectivity index (χ3v) is 6.79. The standard InChI is InChI=1S/C27H16F3N3OS/c28-27(29,30)20-11-12-23(34)26-19(20)10-13-25(32-26)35-16-8-9-18-17-5-1-2-6-21(17)33(22(18)15-16)24-7-3-4-14-31-24/h1-15,34H. The summed E-state index contributed by atoms with van der Waals surface area (Å²) in [6, 6.07) is 24.6. The van der Waals surface area contributed by atoms with Crippen molar-refractivity contribution in [2.75, 3.05) is 0 Å². The largest absolute Gasteiger partial charge is 0.506 e. The van der Waals surface area contributed by atoms with E-state index in [1.807, 2.05) is 54.6 Å². The van der Waals surface area contributed by atoms with Crippen LogP contribution in [0.15, 0.2) is 101 Å².